The SMILES string of the molecule is CC/C=C\C/C=C\C/C=C\C/C=C\C/C=C\C/C=C\C/C=C\CCCCCCCCCCCC(=O)OCC(COC(=O)CCCC/C=C\C/C=C\C/C=C\C/C=C\CC)OC(=O)C/C=C\C/C=C\C/C=C\C/C=C\C/C=C\CC. The molecule has 1 atom stereocenters. The highest BCUT2D eigenvalue weighted by Crippen LogP contribution is 2.13. The zero-order valence-electron chi connectivity index (χ0n) is 50.0. The van der Waals surface area contributed by atoms with Gasteiger partial charge in [0.05, 0.1) is 6.42 Å². The maximum Gasteiger partial charge on any atom is 0.310 e. The van der Waals surface area contributed by atoms with Crippen molar-refractivity contribution in [2.45, 2.75) is 232 Å². The predicted octanol–water partition coefficient (Wildman–Crippen LogP) is 21.4. The van der Waals surface area contributed by atoms with Gasteiger partial charge in [0.15, 0.2) is 6.10 Å². The molecule has 438 valence electrons. The molecule has 79 heavy (non-hydrogen) atoms. The average molecular weight is 1080 g/mol. The van der Waals surface area contributed by atoms with Crippen molar-refractivity contribution in [2.24, 2.45) is 0 Å². The van der Waals surface area contributed by atoms with E-state index in [9.17, 15) is 14.4 Å². The molecule has 0 fully saturated rings. The molecule has 6 heteroatoms. The van der Waals surface area contributed by atoms with Gasteiger partial charge < -0.3 is 14.2 Å². The van der Waals surface area contributed by atoms with E-state index in [4.69, 9.17) is 14.2 Å². The zero-order chi connectivity index (χ0) is 57.1. The number of ether oxygens (including phenoxy) is 3. The summed E-state index contributed by atoms with van der Waals surface area (Å²) in [6.07, 6.45) is 98.9. The van der Waals surface area contributed by atoms with E-state index in [0.29, 0.717) is 19.3 Å². The summed E-state index contributed by atoms with van der Waals surface area (Å²) < 4.78 is 16.7. The van der Waals surface area contributed by atoms with Crippen molar-refractivity contribution in [3.63, 3.8) is 0 Å². The molecule has 0 spiro atoms. The Hall–Kier alpha value is -5.75. The quantitative estimate of drug-likeness (QED) is 0.0261. The molecule has 0 bridgehead atoms. The van der Waals surface area contributed by atoms with Gasteiger partial charge in [0.25, 0.3) is 0 Å². The third-order valence-corrected chi connectivity index (χ3v) is 12.1. The minimum atomic E-state index is -0.864. The van der Waals surface area contributed by atoms with Crippen molar-refractivity contribution in [1.29, 1.82) is 0 Å². The molecule has 0 rings (SSSR count). The number of esters is 3. The van der Waals surface area contributed by atoms with Crippen LogP contribution in [-0.2, 0) is 28.6 Å². The van der Waals surface area contributed by atoms with Crippen LogP contribution in [0.3, 0.4) is 0 Å². The van der Waals surface area contributed by atoms with Crippen LogP contribution in [0.1, 0.15) is 226 Å². The minimum absolute atomic E-state index is 0.0763. The monoisotopic (exact) mass is 1080 g/mol. The largest absolute Gasteiger partial charge is 0.462 e. The first kappa shape index (κ1) is 73.2. The first-order chi connectivity index (χ1) is 39.0. The lowest BCUT2D eigenvalue weighted by Crippen LogP contribution is -2.30. The number of carbonyl (C=O) groups excluding carboxylic acids is 3. The lowest BCUT2D eigenvalue weighted by molar-refractivity contribution is -0.166. The normalized spacial score (nSPS) is 13.5. The van der Waals surface area contributed by atoms with Crippen LogP contribution in [0.15, 0.2) is 194 Å². The maximum absolute atomic E-state index is 12.8. The van der Waals surface area contributed by atoms with E-state index in [1.807, 2.05) is 6.08 Å². The number of rotatable bonds is 53. The topological polar surface area (TPSA) is 78.9 Å². The Balaban J connectivity index is 4.43. The van der Waals surface area contributed by atoms with Crippen LogP contribution >= 0.6 is 0 Å². The van der Waals surface area contributed by atoms with Gasteiger partial charge in [-0.15, -0.1) is 0 Å². The Morgan fingerprint density at radius 1 is 0.266 bits per heavy atom. The van der Waals surface area contributed by atoms with E-state index in [1.165, 1.54) is 38.5 Å². The molecule has 0 heterocycles. The second kappa shape index (κ2) is 64.8. The average Bonchev–Trinajstić information content (AvgIpc) is 3.45. The molecule has 0 amide bonds. The summed E-state index contributed by atoms with van der Waals surface area (Å²) in [5.41, 5.74) is 0. The molecular weight excluding hydrogens is 973 g/mol. The lowest BCUT2D eigenvalue weighted by atomic mass is 10.1. The second-order valence-electron chi connectivity index (χ2n) is 19.5. The van der Waals surface area contributed by atoms with Gasteiger partial charge in [-0.1, -0.05) is 260 Å². The van der Waals surface area contributed by atoms with E-state index in [1.54, 1.807) is 6.08 Å². The van der Waals surface area contributed by atoms with Gasteiger partial charge in [-0.2, -0.15) is 0 Å². The van der Waals surface area contributed by atoms with Gasteiger partial charge in [0.1, 0.15) is 13.2 Å². The van der Waals surface area contributed by atoms with Crippen LogP contribution < -0.4 is 0 Å². The highest BCUT2D eigenvalue weighted by atomic mass is 16.6. The van der Waals surface area contributed by atoms with Crippen molar-refractivity contribution < 1.29 is 28.6 Å². The van der Waals surface area contributed by atoms with Crippen LogP contribution in [0.4, 0.5) is 0 Å². The first-order valence-electron chi connectivity index (χ1n) is 30.9. The summed E-state index contributed by atoms with van der Waals surface area (Å²) in [6, 6.07) is 0. The molecule has 0 aromatic rings. The number of hydrogen-bond acceptors (Lipinski definition) is 6. The molecule has 0 aliphatic rings. The highest BCUT2D eigenvalue weighted by Gasteiger charge is 2.19. The molecule has 1 unspecified atom stereocenters. The third-order valence-electron chi connectivity index (χ3n) is 12.1. The molecule has 0 aliphatic carbocycles. The molecule has 0 radical (unpaired) electrons. The maximum atomic E-state index is 12.8. The second-order valence-corrected chi connectivity index (χ2v) is 19.5. The van der Waals surface area contributed by atoms with E-state index < -0.39 is 12.1 Å². The summed E-state index contributed by atoms with van der Waals surface area (Å²) in [6.45, 7) is 6.15. The van der Waals surface area contributed by atoms with Crippen LogP contribution in [0.5, 0.6) is 0 Å². The molecule has 0 saturated heterocycles. The van der Waals surface area contributed by atoms with Gasteiger partial charge in [-0.25, -0.2) is 0 Å². The van der Waals surface area contributed by atoms with Gasteiger partial charge >= 0.3 is 17.9 Å². The number of allylic oxidation sites excluding steroid dienone is 31. The van der Waals surface area contributed by atoms with E-state index >= 15 is 0 Å². The molecule has 6 nitrogen and oxygen atoms in total. The van der Waals surface area contributed by atoms with Crippen molar-refractivity contribution in [1.82, 2.24) is 0 Å². The molecule has 0 aromatic heterocycles. The zero-order valence-corrected chi connectivity index (χ0v) is 50.0. The Kier molecular flexibility index (Phi) is 60.1. The van der Waals surface area contributed by atoms with Gasteiger partial charge in [-0.05, 0) is 141 Å². The van der Waals surface area contributed by atoms with Crippen LogP contribution in [0.25, 0.3) is 0 Å². The van der Waals surface area contributed by atoms with Gasteiger partial charge in [-0.3, -0.25) is 14.4 Å². The minimum Gasteiger partial charge on any atom is -0.462 e. The van der Waals surface area contributed by atoms with Gasteiger partial charge in [0.2, 0.25) is 0 Å². The fourth-order valence-electron chi connectivity index (χ4n) is 7.61. The Bertz CT molecular complexity index is 1920. The van der Waals surface area contributed by atoms with Crippen molar-refractivity contribution in [2.75, 3.05) is 13.2 Å². The van der Waals surface area contributed by atoms with Gasteiger partial charge in [0, 0.05) is 12.8 Å². The van der Waals surface area contributed by atoms with E-state index in [2.05, 4.69) is 203 Å². The Morgan fingerprint density at radius 3 is 0.797 bits per heavy atom. The number of carbonyl (C=O) groups is 3. The van der Waals surface area contributed by atoms with Crippen molar-refractivity contribution >= 4 is 17.9 Å². The number of unbranched alkanes of at least 4 members (excludes halogenated alkanes) is 11. The summed E-state index contributed by atoms with van der Waals surface area (Å²) in [5.74, 6) is -1.13. The van der Waals surface area contributed by atoms with Crippen molar-refractivity contribution in [3.05, 3.63) is 194 Å². The summed E-state index contributed by atoms with van der Waals surface area (Å²) >= 11 is 0. The fourth-order valence-corrected chi connectivity index (χ4v) is 7.61. The van der Waals surface area contributed by atoms with Crippen LogP contribution in [0, 0.1) is 0 Å². The molecule has 0 N–H and O–H groups in total. The standard InChI is InChI=1S/C73H110O6/c1-4-7-10-13-16-19-22-25-28-29-30-31-32-33-34-35-36-37-38-39-40-41-42-43-46-48-51-54-57-60-63-66-72(75)78-69-70(79-73(76)67-64-61-58-55-52-49-45-27-24-21-18-15-12-9-6-3)68-77-71(74)65-62-59-56-53-50-47-44-26-23-20-17-14-11-8-5-2/h7-12,16-21,25-28,30-31,33-34,36-37,39-40,44-45,50,52-53,55,61,64,70H,4-6,13-15,22-24,29,32,35,38,41-43,46-49,51,54,56-60,62-63,65-69H2,1-3H3/b10-7-,11-8-,12-9-,19-16-,20-17-,21-18-,28-25-,31-30-,34-33-,37-36-,40-39-,44-26-,45-27-,53-50-,55-52-,64-61-. The predicted molar refractivity (Wildman–Crippen MR) is 343 cm³/mol. The molecule has 0 saturated carbocycles. The summed E-state index contributed by atoms with van der Waals surface area (Å²) in [5, 5.41) is 0. The Morgan fingerprint density at radius 2 is 0.494 bits per heavy atom. The number of hydrogen-bond donors (Lipinski definition) is 0. The summed E-state index contributed by atoms with van der Waals surface area (Å²) in [7, 11) is 0. The van der Waals surface area contributed by atoms with Crippen molar-refractivity contribution in [3.8, 4) is 0 Å². The van der Waals surface area contributed by atoms with E-state index in [0.717, 1.165) is 135 Å². The van der Waals surface area contributed by atoms with E-state index in [-0.39, 0.29) is 38.0 Å². The molecular formula is C73H110O6. The fraction of sp³-hybridized carbons (Fsp3) is 0.521. The molecule has 0 aliphatic heterocycles. The Labute approximate surface area is 484 Å². The molecule has 0 aromatic carbocycles. The summed E-state index contributed by atoms with van der Waals surface area (Å²) in [4.78, 5) is 38.2. The lowest BCUT2D eigenvalue weighted by Gasteiger charge is -2.18. The third kappa shape index (κ3) is 63.0. The van der Waals surface area contributed by atoms with Crippen LogP contribution in [0.2, 0.25) is 0 Å². The first-order valence-corrected chi connectivity index (χ1v) is 30.9. The highest BCUT2D eigenvalue weighted by molar-refractivity contribution is 5.72. The smallest absolute Gasteiger partial charge is 0.310 e. The van der Waals surface area contributed by atoms with Crippen LogP contribution in [-0.4, -0.2) is 37.2 Å².